The number of nitrogens with zero attached hydrogens (tertiary/aromatic N) is 3. The van der Waals surface area contributed by atoms with Crippen LogP contribution in [-0.4, -0.2) is 19.9 Å². The van der Waals surface area contributed by atoms with Gasteiger partial charge in [0.1, 0.15) is 12.1 Å². The molecule has 0 unspecified atom stereocenters. The minimum atomic E-state index is -0.481. The Balaban J connectivity index is 1.55. The first-order valence-electron chi connectivity index (χ1n) is 7.43. The molecule has 0 fully saturated rings. The van der Waals surface area contributed by atoms with Gasteiger partial charge < -0.3 is 15.6 Å². The minimum Gasteiger partial charge on any atom is -0.361 e. The van der Waals surface area contributed by atoms with Gasteiger partial charge in [-0.25, -0.2) is 14.4 Å². The van der Waals surface area contributed by atoms with E-state index < -0.39 is 5.82 Å². The van der Waals surface area contributed by atoms with Crippen LogP contribution in [0.1, 0.15) is 0 Å². The average molecular weight is 355 g/mol. The smallest absolute Gasteiger partial charge is 0.232 e. The molecule has 0 amide bonds. The lowest BCUT2D eigenvalue weighted by molar-refractivity contribution is 0.628. The molecule has 4 rings (SSSR count). The number of nitrogens with one attached hydrogen (secondary N) is 3. The van der Waals surface area contributed by atoms with Crippen LogP contribution in [-0.2, 0) is 0 Å². The fourth-order valence-corrected chi connectivity index (χ4v) is 2.56. The quantitative estimate of drug-likeness (QED) is 0.498. The summed E-state index contributed by atoms with van der Waals surface area (Å²) >= 11 is 5.77. The van der Waals surface area contributed by atoms with Crippen molar-refractivity contribution in [3.05, 3.63) is 65.8 Å². The number of benzene rings is 2. The van der Waals surface area contributed by atoms with E-state index >= 15 is 0 Å². The minimum absolute atomic E-state index is 0.0252. The third-order valence-corrected chi connectivity index (χ3v) is 3.85. The lowest BCUT2D eigenvalue weighted by Gasteiger charge is -2.08. The highest BCUT2D eigenvalue weighted by Gasteiger charge is 2.05. The molecule has 25 heavy (non-hydrogen) atoms. The molecule has 0 radical (unpaired) electrons. The van der Waals surface area contributed by atoms with Gasteiger partial charge >= 0.3 is 0 Å². The summed E-state index contributed by atoms with van der Waals surface area (Å²) in [7, 11) is 0. The van der Waals surface area contributed by atoms with Crippen LogP contribution in [0.3, 0.4) is 0 Å². The molecule has 4 aromatic rings. The van der Waals surface area contributed by atoms with Crippen molar-refractivity contribution < 1.29 is 4.39 Å². The van der Waals surface area contributed by atoms with E-state index in [1.165, 1.54) is 18.5 Å². The van der Waals surface area contributed by atoms with E-state index in [4.69, 9.17) is 11.6 Å². The molecule has 0 aliphatic heterocycles. The lowest BCUT2D eigenvalue weighted by atomic mass is 10.2. The summed E-state index contributed by atoms with van der Waals surface area (Å²) in [6.07, 6.45) is 3.27. The van der Waals surface area contributed by atoms with Crippen LogP contribution in [0.25, 0.3) is 10.9 Å². The first kappa shape index (κ1) is 15.3. The average Bonchev–Trinajstić information content (AvgIpc) is 3.06. The van der Waals surface area contributed by atoms with Crippen molar-refractivity contribution in [3.63, 3.8) is 0 Å². The van der Waals surface area contributed by atoms with Crippen molar-refractivity contribution in [3.8, 4) is 0 Å². The molecular weight excluding hydrogens is 343 g/mol. The molecule has 0 aliphatic carbocycles. The Labute approximate surface area is 147 Å². The Bertz CT molecular complexity index is 1050. The predicted molar refractivity (Wildman–Crippen MR) is 96.1 cm³/mol. The first-order valence-corrected chi connectivity index (χ1v) is 7.80. The highest BCUT2D eigenvalue weighted by atomic mass is 35.5. The summed E-state index contributed by atoms with van der Waals surface area (Å²) in [5.74, 6) is 0.230. The van der Waals surface area contributed by atoms with Gasteiger partial charge in [0.25, 0.3) is 0 Å². The Morgan fingerprint density at radius 3 is 2.40 bits per heavy atom. The van der Waals surface area contributed by atoms with Crippen molar-refractivity contribution in [2.24, 2.45) is 0 Å². The van der Waals surface area contributed by atoms with Gasteiger partial charge in [-0.05, 0) is 42.5 Å². The Morgan fingerprint density at radius 1 is 0.920 bits per heavy atom. The maximum Gasteiger partial charge on any atom is 0.232 e. The second-order valence-corrected chi connectivity index (χ2v) is 5.70. The monoisotopic (exact) mass is 354 g/mol. The van der Waals surface area contributed by atoms with Gasteiger partial charge in [0.05, 0.1) is 5.02 Å². The summed E-state index contributed by atoms with van der Waals surface area (Å²) in [4.78, 5) is 15.6. The molecule has 0 spiro atoms. The highest BCUT2D eigenvalue weighted by molar-refractivity contribution is 6.31. The van der Waals surface area contributed by atoms with Crippen LogP contribution in [0, 0.1) is 5.82 Å². The summed E-state index contributed by atoms with van der Waals surface area (Å²) < 4.78 is 13.2. The number of rotatable bonds is 4. The normalized spacial score (nSPS) is 10.8. The number of hydrogen-bond acceptors (Lipinski definition) is 5. The zero-order chi connectivity index (χ0) is 17.2. The fraction of sp³-hybridized carbons (Fsp3) is 0. The van der Waals surface area contributed by atoms with Gasteiger partial charge in [0, 0.05) is 28.5 Å². The van der Waals surface area contributed by atoms with E-state index in [1.807, 2.05) is 30.5 Å². The molecule has 2 aromatic heterocycles. The van der Waals surface area contributed by atoms with Crippen LogP contribution >= 0.6 is 11.6 Å². The summed E-state index contributed by atoms with van der Waals surface area (Å²) in [5.41, 5.74) is 2.49. The Kier molecular flexibility index (Phi) is 3.91. The standard InChI is InChI=1S/C17H12ClFN6/c18-13-8-12(1-3-14(13)19)24-17-22-9-21-16(25-17)23-11-2-4-15-10(7-11)5-6-20-15/h1-9,20H,(H2,21,22,23,24,25). The summed E-state index contributed by atoms with van der Waals surface area (Å²) in [6, 6.07) is 12.2. The topological polar surface area (TPSA) is 78.5 Å². The van der Waals surface area contributed by atoms with E-state index in [1.54, 1.807) is 6.07 Å². The number of anilines is 4. The van der Waals surface area contributed by atoms with E-state index in [9.17, 15) is 4.39 Å². The molecule has 3 N–H and O–H groups in total. The first-order chi connectivity index (χ1) is 12.2. The number of halogens is 2. The molecule has 0 bridgehead atoms. The van der Waals surface area contributed by atoms with Crippen molar-refractivity contribution >= 4 is 45.8 Å². The number of aromatic nitrogens is 4. The SMILES string of the molecule is Fc1ccc(Nc2ncnc(Nc3ccc4[nH]ccc4c3)n2)cc1Cl. The molecule has 0 atom stereocenters. The molecule has 2 heterocycles. The number of H-pyrrole nitrogens is 1. The van der Waals surface area contributed by atoms with E-state index in [0.29, 0.717) is 17.6 Å². The van der Waals surface area contributed by atoms with E-state index in [2.05, 4.69) is 30.6 Å². The lowest BCUT2D eigenvalue weighted by Crippen LogP contribution is -2.02. The second-order valence-electron chi connectivity index (χ2n) is 5.29. The molecular formula is C17H12ClFN6. The Hall–Kier alpha value is -3.19. The summed E-state index contributed by atoms with van der Waals surface area (Å²) in [5, 5.41) is 7.20. The molecule has 0 saturated carbocycles. The van der Waals surface area contributed by atoms with Crippen LogP contribution in [0.4, 0.5) is 27.7 Å². The van der Waals surface area contributed by atoms with E-state index in [0.717, 1.165) is 16.6 Å². The van der Waals surface area contributed by atoms with Gasteiger partial charge in [-0.15, -0.1) is 0 Å². The van der Waals surface area contributed by atoms with Crippen molar-refractivity contribution in [2.75, 3.05) is 10.6 Å². The second kappa shape index (κ2) is 6.37. The number of hydrogen-bond donors (Lipinski definition) is 3. The van der Waals surface area contributed by atoms with Crippen molar-refractivity contribution in [1.29, 1.82) is 0 Å². The van der Waals surface area contributed by atoms with E-state index in [-0.39, 0.29) is 5.02 Å². The zero-order valence-electron chi connectivity index (χ0n) is 12.8. The molecule has 0 aliphatic rings. The maximum atomic E-state index is 13.2. The van der Waals surface area contributed by atoms with Crippen LogP contribution in [0.2, 0.25) is 5.02 Å². The van der Waals surface area contributed by atoms with Gasteiger partial charge in [-0.1, -0.05) is 11.6 Å². The zero-order valence-corrected chi connectivity index (χ0v) is 13.5. The van der Waals surface area contributed by atoms with Gasteiger partial charge in [0.15, 0.2) is 0 Å². The van der Waals surface area contributed by atoms with Gasteiger partial charge in [0.2, 0.25) is 11.9 Å². The molecule has 0 saturated heterocycles. The molecule has 2 aromatic carbocycles. The van der Waals surface area contributed by atoms with Crippen molar-refractivity contribution in [2.45, 2.75) is 0 Å². The van der Waals surface area contributed by atoms with Gasteiger partial charge in [-0.3, -0.25) is 0 Å². The third-order valence-electron chi connectivity index (χ3n) is 3.56. The Morgan fingerprint density at radius 2 is 1.64 bits per heavy atom. The summed E-state index contributed by atoms with van der Waals surface area (Å²) in [6.45, 7) is 0. The predicted octanol–water partition coefficient (Wildman–Crippen LogP) is 4.63. The number of aromatic amines is 1. The maximum absolute atomic E-state index is 13.2. The third kappa shape index (κ3) is 3.36. The van der Waals surface area contributed by atoms with Crippen LogP contribution < -0.4 is 10.6 Å². The highest BCUT2D eigenvalue weighted by Crippen LogP contribution is 2.23. The van der Waals surface area contributed by atoms with Crippen LogP contribution in [0.5, 0.6) is 0 Å². The fourth-order valence-electron chi connectivity index (χ4n) is 2.38. The molecule has 6 nitrogen and oxygen atoms in total. The molecule has 124 valence electrons. The van der Waals surface area contributed by atoms with Crippen molar-refractivity contribution in [1.82, 2.24) is 19.9 Å². The molecule has 8 heteroatoms. The van der Waals surface area contributed by atoms with Gasteiger partial charge in [-0.2, -0.15) is 4.98 Å². The largest absolute Gasteiger partial charge is 0.361 e. The van der Waals surface area contributed by atoms with Crippen LogP contribution in [0.15, 0.2) is 55.0 Å². The number of fused-ring (bicyclic) bond motifs is 1.